The van der Waals surface area contributed by atoms with Crippen LogP contribution in [0.4, 0.5) is 0 Å². The molecule has 0 bridgehead atoms. The average Bonchev–Trinajstić information content (AvgIpc) is 2.16. The molecule has 15 heavy (non-hydrogen) atoms. The first-order valence-corrected chi connectivity index (χ1v) is 5.75. The molecule has 1 aromatic carbocycles. The van der Waals surface area contributed by atoms with Crippen LogP contribution < -0.4 is 5.90 Å². The Hall–Kier alpha value is 0.0300. The van der Waals surface area contributed by atoms with Gasteiger partial charge in [-0.15, -0.1) is 9.32 Å². The number of rotatable bonds is 4. The molecule has 0 radical (unpaired) electrons. The molecule has 0 heterocycles. The summed E-state index contributed by atoms with van der Waals surface area (Å²) in [6.45, 7) is 4.09. The van der Waals surface area contributed by atoms with E-state index in [4.69, 9.17) is 29.1 Å². The smallest absolute Gasteiger partial charge is 0.0718 e. The third-order valence-corrected chi connectivity index (χ3v) is 3.25. The van der Waals surface area contributed by atoms with Crippen molar-refractivity contribution in [2.75, 3.05) is 0 Å². The molecule has 84 valence electrons. The fourth-order valence-electron chi connectivity index (χ4n) is 1.11. The molecular weight excluding hydrogens is 257 g/mol. The molecule has 0 aliphatic heterocycles. The SMILES string of the molecule is CC(C)c1cc(SOON)c(Cl)cc1Cl. The van der Waals surface area contributed by atoms with Gasteiger partial charge < -0.3 is 0 Å². The van der Waals surface area contributed by atoms with Crippen molar-refractivity contribution < 1.29 is 9.32 Å². The van der Waals surface area contributed by atoms with Crippen LogP contribution in [-0.2, 0) is 9.32 Å². The van der Waals surface area contributed by atoms with Gasteiger partial charge in [0, 0.05) is 5.02 Å². The highest BCUT2D eigenvalue weighted by atomic mass is 35.5. The van der Waals surface area contributed by atoms with Crippen LogP contribution in [0.2, 0.25) is 10.0 Å². The molecule has 1 aromatic rings. The first-order valence-electron chi connectivity index (χ1n) is 4.25. The summed E-state index contributed by atoms with van der Waals surface area (Å²) in [6, 6.07) is 3.54. The van der Waals surface area contributed by atoms with Gasteiger partial charge in [-0.05, 0) is 23.6 Å². The fourth-order valence-corrected chi connectivity index (χ4v) is 2.23. The Morgan fingerprint density at radius 1 is 1.27 bits per heavy atom. The van der Waals surface area contributed by atoms with E-state index in [-0.39, 0.29) is 0 Å². The molecule has 0 unspecified atom stereocenters. The second kappa shape index (κ2) is 5.94. The minimum atomic E-state index is 0.313. The van der Waals surface area contributed by atoms with Gasteiger partial charge in [-0.3, -0.25) is 0 Å². The molecule has 0 amide bonds. The molecule has 0 aromatic heterocycles. The van der Waals surface area contributed by atoms with Gasteiger partial charge in [0.05, 0.1) is 22.0 Å². The number of halogens is 2. The van der Waals surface area contributed by atoms with Crippen LogP contribution in [0, 0.1) is 0 Å². The molecule has 1 rings (SSSR count). The van der Waals surface area contributed by atoms with E-state index in [0.717, 1.165) is 22.5 Å². The minimum absolute atomic E-state index is 0.313. The maximum atomic E-state index is 6.04. The van der Waals surface area contributed by atoms with E-state index in [1.807, 2.05) is 19.9 Å². The third kappa shape index (κ3) is 3.52. The number of benzene rings is 1. The topological polar surface area (TPSA) is 44.5 Å². The molecule has 3 nitrogen and oxygen atoms in total. The monoisotopic (exact) mass is 267 g/mol. The van der Waals surface area contributed by atoms with Gasteiger partial charge in [0.1, 0.15) is 0 Å². The van der Waals surface area contributed by atoms with E-state index in [0.29, 0.717) is 16.0 Å². The van der Waals surface area contributed by atoms with E-state index in [1.54, 1.807) is 6.07 Å². The lowest BCUT2D eigenvalue weighted by Gasteiger charge is -2.11. The van der Waals surface area contributed by atoms with E-state index in [9.17, 15) is 0 Å². The van der Waals surface area contributed by atoms with Crippen molar-refractivity contribution >= 4 is 35.2 Å². The Morgan fingerprint density at radius 2 is 1.93 bits per heavy atom. The second-order valence-corrected chi connectivity index (χ2v) is 4.76. The molecule has 6 heteroatoms. The molecule has 0 aliphatic carbocycles. The molecule has 0 fully saturated rings. The molecule has 0 saturated heterocycles. The molecule has 0 spiro atoms. The first kappa shape index (κ1) is 13.1. The Labute approximate surface area is 103 Å². The zero-order valence-corrected chi connectivity index (χ0v) is 10.6. The normalized spacial score (nSPS) is 11.1. The van der Waals surface area contributed by atoms with E-state index in [2.05, 4.69) is 9.32 Å². The van der Waals surface area contributed by atoms with Crippen molar-refractivity contribution in [2.45, 2.75) is 24.7 Å². The molecule has 0 aliphatic rings. The van der Waals surface area contributed by atoms with Crippen molar-refractivity contribution in [3.8, 4) is 0 Å². The maximum absolute atomic E-state index is 6.04. The molecular formula is C9H11Cl2NO2S. The summed E-state index contributed by atoms with van der Waals surface area (Å²) in [5.41, 5.74) is 1.00. The summed E-state index contributed by atoms with van der Waals surface area (Å²) >= 11 is 12.9. The summed E-state index contributed by atoms with van der Waals surface area (Å²) in [5, 5.41) is 1.15. The summed E-state index contributed by atoms with van der Waals surface area (Å²) in [7, 11) is 0. The predicted molar refractivity (Wildman–Crippen MR) is 62.8 cm³/mol. The largest absolute Gasteiger partial charge is 0.182 e. The van der Waals surface area contributed by atoms with Crippen molar-refractivity contribution in [3.63, 3.8) is 0 Å². The zero-order chi connectivity index (χ0) is 11.4. The number of nitrogens with two attached hydrogens (primary N) is 1. The average molecular weight is 268 g/mol. The van der Waals surface area contributed by atoms with Crippen LogP contribution in [0.15, 0.2) is 17.0 Å². The lowest BCUT2D eigenvalue weighted by atomic mass is 10.0. The summed E-state index contributed by atoms with van der Waals surface area (Å²) in [5.74, 6) is 5.05. The molecule has 0 saturated carbocycles. The highest BCUT2D eigenvalue weighted by Crippen LogP contribution is 2.35. The van der Waals surface area contributed by atoms with E-state index < -0.39 is 0 Å². The van der Waals surface area contributed by atoms with Crippen LogP contribution in [0.25, 0.3) is 0 Å². The summed E-state index contributed by atoms with van der Waals surface area (Å²) < 4.78 is 4.54. The van der Waals surface area contributed by atoms with Gasteiger partial charge >= 0.3 is 0 Å². The summed E-state index contributed by atoms with van der Waals surface area (Å²) in [4.78, 5) is 4.72. The van der Waals surface area contributed by atoms with Crippen LogP contribution in [-0.4, -0.2) is 0 Å². The van der Waals surface area contributed by atoms with Crippen molar-refractivity contribution in [1.82, 2.24) is 0 Å². The van der Waals surface area contributed by atoms with Gasteiger partial charge in [0.25, 0.3) is 0 Å². The van der Waals surface area contributed by atoms with Crippen molar-refractivity contribution in [3.05, 3.63) is 27.7 Å². The van der Waals surface area contributed by atoms with Gasteiger partial charge in [-0.25, -0.2) is 0 Å². The van der Waals surface area contributed by atoms with Crippen LogP contribution in [0.3, 0.4) is 0 Å². The first-order chi connectivity index (χ1) is 7.06. The fraction of sp³-hybridized carbons (Fsp3) is 0.333. The van der Waals surface area contributed by atoms with Crippen molar-refractivity contribution in [2.24, 2.45) is 5.90 Å². The maximum Gasteiger partial charge on any atom is 0.0718 e. The lowest BCUT2D eigenvalue weighted by molar-refractivity contribution is -0.195. The Morgan fingerprint density at radius 3 is 2.47 bits per heavy atom. The number of hydrogen-bond donors (Lipinski definition) is 1. The van der Waals surface area contributed by atoms with Gasteiger partial charge in [-0.1, -0.05) is 37.0 Å². The van der Waals surface area contributed by atoms with Crippen LogP contribution >= 0.6 is 35.2 Å². The number of hydrogen-bond acceptors (Lipinski definition) is 4. The summed E-state index contributed by atoms with van der Waals surface area (Å²) in [6.07, 6.45) is 0. The Bertz CT molecular complexity index is 347. The highest BCUT2D eigenvalue weighted by molar-refractivity contribution is 7.94. The van der Waals surface area contributed by atoms with Gasteiger partial charge in [-0.2, -0.15) is 5.90 Å². The Kier molecular flexibility index (Phi) is 5.18. The Balaban J connectivity index is 3.00. The minimum Gasteiger partial charge on any atom is -0.182 e. The van der Waals surface area contributed by atoms with E-state index >= 15 is 0 Å². The second-order valence-electron chi connectivity index (χ2n) is 3.21. The highest BCUT2D eigenvalue weighted by Gasteiger charge is 2.11. The van der Waals surface area contributed by atoms with Crippen LogP contribution in [0.5, 0.6) is 0 Å². The van der Waals surface area contributed by atoms with Gasteiger partial charge in [0.2, 0.25) is 0 Å². The van der Waals surface area contributed by atoms with Gasteiger partial charge in [0.15, 0.2) is 0 Å². The molecule has 2 N–H and O–H groups in total. The quantitative estimate of drug-likeness (QED) is 0.510. The third-order valence-electron chi connectivity index (χ3n) is 1.84. The lowest BCUT2D eigenvalue weighted by Crippen LogP contribution is -1.95. The molecule has 0 atom stereocenters. The van der Waals surface area contributed by atoms with E-state index in [1.165, 1.54) is 0 Å². The van der Waals surface area contributed by atoms with Crippen LogP contribution in [0.1, 0.15) is 25.3 Å². The zero-order valence-electron chi connectivity index (χ0n) is 8.29. The standard InChI is InChI=1S/C9H11Cl2NO2S/c1-5(2)6-3-9(15-14-13-12)8(11)4-7(6)10/h3-5H,12H2,1-2H3. The van der Waals surface area contributed by atoms with Crippen molar-refractivity contribution in [1.29, 1.82) is 0 Å². The predicted octanol–water partition coefficient (Wildman–Crippen LogP) is 3.95.